The number of phenolic OH excluding ortho intramolecular Hbond substituents is 1. The standard InChI is InChI=1S/C25H22ClNO5/c26-16-9-10-19-15(11-16)13-20(32-19)23(29)21-22(14-5-4-8-18(28)12-14)27(25(31)24(21)30)17-6-2-1-3-7-17/h4-5,8-13,17,22,28,30H,1-3,6-7H2. The van der Waals surface area contributed by atoms with Crippen LogP contribution in [0, 0.1) is 0 Å². The van der Waals surface area contributed by atoms with E-state index in [4.69, 9.17) is 16.0 Å². The lowest BCUT2D eigenvalue weighted by molar-refractivity contribution is -0.132. The van der Waals surface area contributed by atoms with E-state index in [-0.39, 0.29) is 23.1 Å². The molecular formula is C25H22ClNO5. The van der Waals surface area contributed by atoms with Gasteiger partial charge in [-0.2, -0.15) is 0 Å². The van der Waals surface area contributed by atoms with E-state index < -0.39 is 23.5 Å². The number of aliphatic hydroxyl groups is 1. The minimum absolute atomic E-state index is 0.0206. The average molecular weight is 452 g/mol. The fourth-order valence-electron chi connectivity index (χ4n) is 4.87. The zero-order valence-corrected chi connectivity index (χ0v) is 18.0. The van der Waals surface area contributed by atoms with Crippen LogP contribution in [0.25, 0.3) is 11.0 Å². The SMILES string of the molecule is O=C(C1=C(O)C(=O)N(C2CCCCC2)C1c1cccc(O)c1)c1cc2cc(Cl)ccc2o1. The highest BCUT2D eigenvalue weighted by molar-refractivity contribution is 6.31. The Morgan fingerprint density at radius 3 is 2.56 bits per heavy atom. The van der Waals surface area contributed by atoms with Gasteiger partial charge < -0.3 is 19.5 Å². The summed E-state index contributed by atoms with van der Waals surface area (Å²) in [7, 11) is 0. The number of nitrogens with zero attached hydrogens (tertiary/aromatic N) is 1. The second-order valence-corrected chi connectivity index (χ2v) is 8.82. The smallest absolute Gasteiger partial charge is 0.290 e. The van der Waals surface area contributed by atoms with Gasteiger partial charge >= 0.3 is 0 Å². The summed E-state index contributed by atoms with van der Waals surface area (Å²) in [6.45, 7) is 0. The summed E-state index contributed by atoms with van der Waals surface area (Å²) < 4.78 is 5.74. The van der Waals surface area contributed by atoms with E-state index in [1.54, 1.807) is 41.3 Å². The van der Waals surface area contributed by atoms with Crippen molar-refractivity contribution in [3.05, 3.63) is 76.2 Å². The Labute approximate surface area is 189 Å². The zero-order valence-electron chi connectivity index (χ0n) is 17.3. The van der Waals surface area contributed by atoms with E-state index in [0.29, 0.717) is 21.6 Å². The quantitative estimate of drug-likeness (QED) is 0.496. The molecule has 0 radical (unpaired) electrons. The van der Waals surface area contributed by atoms with Gasteiger partial charge in [-0.15, -0.1) is 0 Å². The molecule has 164 valence electrons. The van der Waals surface area contributed by atoms with E-state index in [9.17, 15) is 19.8 Å². The van der Waals surface area contributed by atoms with E-state index >= 15 is 0 Å². The van der Waals surface area contributed by atoms with E-state index in [1.807, 2.05) is 0 Å². The van der Waals surface area contributed by atoms with Gasteiger partial charge in [0, 0.05) is 16.5 Å². The maximum absolute atomic E-state index is 13.6. The Hall–Kier alpha value is -3.25. The molecule has 7 heteroatoms. The number of carbonyl (C=O) groups is 2. The van der Waals surface area contributed by atoms with Crippen molar-refractivity contribution in [3.8, 4) is 5.75 Å². The Kier molecular flexibility index (Phi) is 5.18. The number of ketones is 1. The van der Waals surface area contributed by atoms with Gasteiger partial charge in [-0.1, -0.05) is 43.0 Å². The molecular weight excluding hydrogens is 430 g/mol. The van der Waals surface area contributed by atoms with Gasteiger partial charge in [0.25, 0.3) is 5.91 Å². The number of Topliss-reactive ketones (excluding diaryl/α,β-unsaturated/α-hetero) is 1. The van der Waals surface area contributed by atoms with Gasteiger partial charge in [0.15, 0.2) is 11.5 Å². The molecule has 1 amide bonds. The highest BCUT2D eigenvalue weighted by Gasteiger charge is 2.47. The van der Waals surface area contributed by atoms with Gasteiger partial charge in [-0.3, -0.25) is 9.59 Å². The normalized spacial score (nSPS) is 19.8. The molecule has 1 fully saturated rings. The molecule has 0 spiro atoms. The molecule has 2 aliphatic rings. The van der Waals surface area contributed by atoms with E-state index in [0.717, 1.165) is 32.1 Å². The van der Waals surface area contributed by atoms with Gasteiger partial charge in [-0.05, 0) is 54.8 Å². The molecule has 1 unspecified atom stereocenters. The minimum atomic E-state index is -0.804. The summed E-state index contributed by atoms with van der Waals surface area (Å²) >= 11 is 6.05. The first-order valence-corrected chi connectivity index (χ1v) is 11.1. The molecule has 2 aromatic carbocycles. The Balaban J connectivity index is 1.61. The topological polar surface area (TPSA) is 91.0 Å². The molecule has 6 nitrogen and oxygen atoms in total. The molecule has 0 bridgehead atoms. The molecule has 1 aliphatic carbocycles. The Morgan fingerprint density at radius 2 is 1.81 bits per heavy atom. The first-order valence-electron chi connectivity index (χ1n) is 10.7. The number of carbonyl (C=O) groups excluding carboxylic acids is 2. The molecule has 5 rings (SSSR count). The van der Waals surface area contributed by atoms with Crippen LogP contribution in [-0.2, 0) is 4.79 Å². The second-order valence-electron chi connectivity index (χ2n) is 8.39. The molecule has 32 heavy (non-hydrogen) atoms. The number of fused-ring (bicyclic) bond motifs is 1. The third-order valence-electron chi connectivity index (χ3n) is 6.34. The van der Waals surface area contributed by atoms with Crippen LogP contribution < -0.4 is 0 Å². The molecule has 1 atom stereocenters. The van der Waals surface area contributed by atoms with Gasteiger partial charge in [0.05, 0.1) is 11.6 Å². The number of rotatable bonds is 4. The molecule has 2 N–H and O–H groups in total. The van der Waals surface area contributed by atoms with Gasteiger partial charge in [-0.25, -0.2) is 0 Å². The van der Waals surface area contributed by atoms with Crippen molar-refractivity contribution in [1.29, 1.82) is 0 Å². The maximum Gasteiger partial charge on any atom is 0.290 e. The minimum Gasteiger partial charge on any atom is -0.508 e. The van der Waals surface area contributed by atoms with Crippen LogP contribution in [0.15, 0.2) is 64.3 Å². The molecule has 3 aromatic rings. The molecule has 1 aromatic heterocycles. The summed E-state index contributed by atoms with van der Waals surface area (Å²) in [5.74, 6) is -1.64. The van der Waals surface area contributed by atoms with Crippen LogP contribution in [0.1, 0.15) is 54.3 Å². The predicted molar refractivity (Wildman–Crippen MR) is 120 cm³/mol. The van der Waals surface area contributed by atoms with Crippen molar-refractivity contribution in [1.82, 2.24) is 4.90 Å². The lowest BCUT2D eigenvalue weighted by Crippen LogP contribution is -2.41. The van der Waals surface area contributed by atoms with Crippen molar-refractivity contribution in [2.24, 2.45) is 0 Å². The van der Waals surface area contributed by atoms with Gasteiger partial charge in [0.2, 0.25) is 5.78 Å². The highest BCUT2D eigenvalue weighted by atomic mass is 35.5. The van der Waals surface area contributed by atoms with Crippen LogP contribution in [0.2, 0.25) is 5.02 Å². The number of hydrogen-bond acceptors (Lipinski definition) is 5. The molecule has 1 aliphatic heterocycles. The number of furan rings is 1. The monoisotopic (exact) mass is 451 g/mol. The van der Waals surface area contributed by atoms with Crippen molar-refractivity contribution >= 4 is 34.3 Å². The molecule has 2 heterocycles. The first kappa shape index (κ1) is 20.6. The van der Waals surface area contributed by atoms with Crippen molar-refractivity contribution in [2.45, 2.75) is 44.2 Å². The van der Waals surface area contributed by atoms with Crippen LogP contribution >= 0.6 is 11.6 Å². The number of amides is 1. The Morgan fingerprint density at radius 1 is 1.03 bits per heavy atom. The molecule has 1 saturated carbocycles. The zero-order chi connectivity index (χ0) is 22.4. The second kappa shape index (κ2) is 8.02. The van der Waals surface area contributed by atoms with Crippen LogP contribution in [-0.4, -0.2) is 32.8 Å². The Bertz CT molecular complexity index is 1250. The maximum atomic E-state index is 13.6. The fraction of sp³-hybridized carbons (Fsp3) is 0.280. The van der Waals surface area contributed by atoms with Crippen LogP contribution in [0.3, 0.4) is 0 Å². The summed E-state index contributed by atoms with van der Waals surface area (Å²) in [5.41, 5.74) is 1.02. The number of hydrogen-bond donors (Lipinski definition) is 2. The van der Waals surface area contributed by atoms with Crippen LogP contribution in [0.4, 0.5) is 0 Å². The summed E-state index contributed by atoms with van der Waals surface area (Å²) in [6.07, 6.45) is 4.67. The van der Waals surface area contributed by atoms with Crippen molar-refractivity contribution < 1.29 is 24.2 Å². The first-order chi connectivity index (χ1) is 15.4. The summed E-state index contributed by atoms with van der Waals surface area (Å²) in [5, 5.41) is 22.1. The number of benzene rings is 2. The van der Waals surface area contributed by atoms with Crippen molar-refractivity contribution in [3.63, 3.8) is 0 Å². The lowest BCUT2D eigenvalue weighted by atomic mass is 9.90. The predicted octanol–water partition coefficient (Wildman–Crippen LogP) is 5.70. The summed E-state index contributed by atoms with van der Waals surface area (Å²) in [6, 6.07) is 12.2. The van der Waals surface area contributed by atoms with Crippen LogP contribution in [0.5, 0.6) is 5.75 Å². The lowest BCUT2D eigenvalue weighted by Gasteiger charge is -2.36. The number of phenols is 1. The fourth-order valence-corrected chi connectivity index (χ4v) is 5.05. The van der Waals surface area contributed by atoms with Gasteiger partial charge in [0.1, 0.15) is 11.3 Å². The summed E-state index contributed by atoms with van der Waals surface area (Å²) in [4.78, 5) is 28.4. The number of aromatic hydroxyl groups is 1. The average Bonchev–Trinajstić information content (AvgIpc) is 3.32. The number of halogens is 1. The van der Waals surface area contributed by atoms with Crippen molar-refractivity contribution in [2.75, 3.05) is 0 Å². The van der Waals surface area contributed by atoms with E-state index in [1.165, 1.54) is 12.1 Å². The third-order valence-corrected chi connectivity index (χ3v) is 6.58. The molecule has 0 saturated heterocycles. The number of aliphatic hydroxyl groups excluding tert-OH is 1. The third kappa shape index (κ3) is 3.45. The van der Waals surface area contributed by atoms with E-state index in [2.05, 4.69) is 0 Å². The highest BCUT2D eigenvalue weighted by Crippen LogP contribution is 2.43. The largest absolute Gasteiger partial charge is 0.508 e.